The Labute approximate surface area is 150 Å². The van der Waals surface area contributed by atoms with Crippen molar-refractivity contribution in [3.63, 3.8) is 0 Å². The van der Waals surface area contributed by atoms with Crippen LogP contribution >= 0.6 is 0 Å². The summed E-state index contributed by atoms with van der Waals surface area (Å²) in [6.45, 7) is 3.18. The van der Waals surface area contributed by atoms with E-state index < -0.39 is 0 Å². The molecule has 0 bridgehead atoms. The van der Waals surface area contributed by atoms with Crippen LogP contribution in [0.5, 0.6) is 0 Å². The Morgan fingerprint density at radius 1 is 1.16 bits per heavy atom. The molecule has 134 valence electrons. The summed E-state index contributed by atoms with van der Waals surface area (Å²) in [5.41, 5.74) is 1.90. The van der Waals surface area contributed by atoms with Crippen molar-refractivity contribution in [1.29, 1.82) is 0 Å². The van der Waals surface area contributed by atoms with E-state index in [4.69, 9.17) is 4.98 Å². The van der Waals surface area contributed by atoms with Gasteiger partial charge in [0, 0.05) is 32.0 Å². The Morgan fingerprint density at radius 3 is 2.72 bits per heavy atom. The van der Waals surface area contributed by atoms with Crippen LogP contribution in [0.1, 0.15) is 51.9 Å². The van der Waals surface area contributed by atoms with Crippen molar-refractivity contribution in [3.8, 4) is 11.3 Å². The predicted octanol–water partition coefficient (Wildman–Crippen LogP) is 4.52. The van der Waals surface area contributed by atoms with Gasteiger partial charge < -0.3 is 10.2 Å². The first kappa shape index (κ1) is 17.6. The quantitative estimate of drug-likeness (QED) is 0.804. The van der Waals surface area contributed by atoms with E-state index in [1.165, 1.54) is 38.5 Å². The molecular formula is C20H29N5. The number of aromatic nitrogens is 3. The second-order valence-corrected chi connectivity index (χ2v) is 6.90. The molecule has 5 nitrogen and oxygen atoms in total. The van der Waals surface area contributed by atoms with Gasteiger partial charge in [0.2, 0.25) is 5.95 Å². The van der Waals surface area contributed by atoms with Crippen molar-refractivity contribution in [1.82, 2.24) is 15.0 Å². The number of anilines is 2. The van der Waals surface area contributed by atoms with Crippen LogP contribution < -0.4 is 10.2 Å². The van der Waals surface area contributed by atoms with E-state index in [2.05, 4.69) is 34.2 Å². The molecule has 5 heteroatoms. The van der Waals surface area contributed by atoms with Gasteiger partial charge in [-0.3, -0.25) is 4.98 Å². The van der Waals surface area contributed by atoms with Crippen molar-refractivity contribution in [2.75, 3.05) is 23.8 Å². The maximum atomic E-state index is 4.86. The van der Waals surface area contributed by atoms with Gasteiger partial charge in [0.15, 0.2) is 0 Å². The van der Waals surface area contributed by atoms with Crippen LogP contribution in [0.25, 0.3) is 11.3 Å². The van der Waals surface area contributed by atoms with E-state index in [1.807, 2.05) is 30.6 Å². The second kappa shape index (κ2) is 8.79. The Hall–Kier alpha value is -2.17. The summed E-state index contributed by atoms with van der Waals surface area (Å²) < 4.78 is 0. The van der Waals surface area contributed by atoms with Crippen LogP contribution in [0.15, 0.2) is 30.6 Å². The summed E-state index contributed by atoms with van der Waals surface area (Å²) >= 11 is 0. The lowest BCUT2D eigenvalue weighted by Crippen LogP contribution is -2.25. The Morgan fingerprint density at radius 2 is 2.00 bits per heavy atom. The Bertz CT molecular complexity index is 652. The fourth-order valence-corrected chi connectivity index (χ4v) is 3.31. The summed E-state index contributed by atoms with van der Waals surface area (Å²) in [5.74, 6) is 1.70. The first-order valence-corrected chi connectivity index (χ1v) is 9.54. The molecule has 0 saturated heterocycles. The van der Waals surface area contributed by atoms with Gasteiger partial charge in [0.25, 0.3) is 0 Å². The molecular weight excluding hydrogens is 310 g/mol. The third-order valence-corrected chi connectivity index (χ3v) is 4.85. The van der Waals surface area contributed by atoms with E-state index in [-0.39, 0.29) is 0 Å². The summed E-state index contributed by atoms with van der Waals surface area (Å²) in [6, 6.07) is 6.46. The molecule has 1 fully saturated rings. The lowest BCUT2D eigenvalue weighted by molar-refractivity contribution is 0.462. The molecule has 0 atom stereocenters. The second-order valence-electron chi connectivity index (χ2n) is 6.90. The molecule has 0 amide bonds. The normalized spacial score (nSPS) is 15.1. The van der Waals surface area contributed by atoms with Crippen LogP contribution in [-0.2, 0) is 0 Å². The average molecular weight is 339 g/mol. The zero-order chi connectivity index (χ0) is 17.5. The maximum absolute atomic E-state index is 4.86. The molecule has 1 aliphatic rings. The van der Waals surface area contributed by atoms with Gasteiger partial charge in [-0.1, -0.05) is 38.7 Å². The summed E-state index contributed by atoms with van der Waals surface area (Å²) in [6.07, 6.45) is 12.4. The topological polar surface area (TPSA) is 53.9 Å². The largest absolute Gasteiger partial charge is 0.367 e. The van der Waals surface area contributed by atoms with Crippen molar-refractivity contribution >= 4 is 11.8 Å². The highest BCUT2D eigenvalue weighted by Gasteiger charge is 2.18. The lowest BCUT2D eigenvalue weighted by atomic mass is 9.95. The fourth-order valence-electron chi connectivity index (χ4n) is 3.31. The molecule has 1 aliphatic carbocycles. The van der Waals surface area contributed by atoms with Gasteiger partial charge in [0.05, 0.1) is 11.3 Å². The average Bonchev–Trinajstić information content (AvgIpc) is 2.67. The van der Waals surface area contributed by atoms with E-state index in [1.54, 1.807) is 0 Å². The molecule has 0 aromatic carbocycles. The Kier molecular flexibility index (Phi) is 6.20. The molecule has 1 N–H and O–H groups in total. The van der Waals surface area contributed by atoms with E-state index in [9.17, 15) is 0 Å². The number of pyridine rings is 1. The SMILES string of the molecule is CCCCN(C)c1ncc(-c2ccccn2)c(NC2CCCCC2)n1. The first-order chi connectivity index (χ1) is 12.3. The van der Waals surface area contributed by atoms with Crippen molar-refractivity contribution < 1.29 is 0 Å². The van der Waals surface area contributed by atoms with Crippen molar-refractivity contribution in [2.45, 2.75) is 57.9 Å². The zero-order valence-corrected chi connectivity index (χ0v) is 15.4. The smallest absolute Gasteiger partial charge is 0.227 e. The molecule has 0 spiro atoms. The van der Waals surface area contributed by atoms with Crippen molar-refractivity contribution in [2.24, 2.45) is 0 Å². The Balaban J connectivity index is 1.88. The van der Waals surface area contributed by atoms with E-state index in [0.29, 0.717) is 6.04 Å². The number of hydrogen-bond donors (Lipinski definition) is 1. The standard InChI is InChI=1S/C20H29N5/c1-3-4-14-25(2)20-22-15-17(18-12-8-9-13-21-18)19(24-20)23-16-10-6-5-7-11-16/h8-9,12-13,15-16H,3-7,10-11,14H2,1-2H3,(H,22,23,24). The third-order valence-electron chi connectivity index (χ3n) is 4.85. The highest BCUT2D eigenvalue weighted by molar-refractivity contribution is 5.72. The molecule has 25 heavy (non-hydrogen) atoms. The molecule has 0 radical (unpaired) electrons. The van der Waals surface area contributed by atoms with Crippen LogP contribution in [0.4, 0.5) is 11.8 Å². The minimum Gasteiger partial charge on any atom is -0.367 e. The minimum atomic E-state index is 0.500. The number of nitrogens with zero attached hydrogens (tertiary/aromatic N) is 4. The van der Waals surface area contributed by atoms with Crippen LogP contribution in [0.3, 0.4) is 0 Å². The van der Waals surface area contributed by atoms with Crippen molar-refractivity contribution in [3.05, 3.63) is 30.6 Å². The lowest BCUT2D eigenvalue weighted by Gasteiger charge is -2.25. The van der Waals surface area contributed by atoms with E-state index in [0.717, 1.165) is 36.0 Å². The fraction of sp³-hybridized carbons (Fsp3) is 0.550. The van der Waals surface area contributed by atoms with Crippen LogP contribution in [0, 0.1) is 0 Å². The monoisotopic (exact) mass is 339 g/mol. The predicted molar refractivity (Wildman–Crippen MR) is 104 cm³/mol. The van der Waals surface area contributed by atoms with Gasteiger partial charge in [-0.25, -0.2) is 4.98 Å². The van der Waals surface area contributed by atoms with Gasteiger partial charge in [-0.05, 0) is 31.4 Å². The summed E-state index contributed by atoms with van der Waals surface area (Å²) in [4.78, 5) is 16.1. The molecule has 3 rings (SSSR count). The first-order valence-electron chi connectivity index (χ1n) is 9.54. The van der Waals surface area contributed by atoms with Gasteiger partial charge >= 0.3 is 0 Å². The highest BCUT2D eigenvalue weighted by Crippen LogP contribution is 2.29. The van der Waals surface area contributed by atoms with Gasteiger partial charge in [-0.15, -0.1) is 0 Å². The van der Waals surface area contributed by atoms with Gasteiger partial charge in [-0.2, -0.15) is 4.98 Å². The summed E-state index contributed by atoms with van der Waals surface area (Å²) in [7, 11) is 2.07. The number of nitrogens with one attached hydrogen (secondary N) is 1. The molecule has 0 aliphatic heterocycles. The third kappa shape index (κ3) is 4.68. The molecule has 2 aromatic rings. The molecule has 0 unspecified atom stereocenters. The van der Waals surface area contributed by atoms with Crippen LogP contribution in [0.2, 0.25) is 0 Å². The van der Waals surface area contributed by atoms with E-state index >= 15 is 0 Å². The zero-order valence-electron chi connectivity index (χ0n) is 15.4. The number of rotatable bonds is 7. The molecule has 2 aromatic heterocycles. The number of unbranched alkanes of at least 4 members (excludes halogenated alkanes) is 1. The molecule has 1 saturated carbocycles. The van der Waals surface area contributed by atoms with Crippen LogP contribution in [-0.4, -0.2) is 34.6 Å². The number of hydrogen-bond acceptors (Lipinski definition) is 5. The highest BCUT2D eigenvalue weighted by atomic mass is 15.2. The minimum absolute atomic E-state index is 0.500. The maximum Gasteiger partial charge on any atom is 0.227 e. The molecule has 2 heterocycles. The summed E-state index contributed by atoms with van der Waals surface area (Å²) in [5, 5.41) is 3.68. The van der Waals surface area contributed by atoms with Gasteiger partial charge in [0.1, 0.15) is 5.82 Å².